The topological polar surface area (TPSA) is 41.1 Å². The first-order chi connectivity index (χ1) is 10.1. The Morgan fingerprint density at radius 2 is 1.90 bits per heavy atom. The minimum absolute atomic E-state index is 0.0829. The van der Waals surface area contributed by atoms with Crippen LogP contribution in [0, 0.1) is 0 Å². The van der Waals surface area contributed by atoms with Gasteiger partial charge in [0, 0.05) is 11.6 Å². The summed E-state index contributed by atoms with van der Waals surface area (Å²) in [6.45, 7) is 2.54. The van der Waals surface area contributed by atoms with Gasteiger partial charge in [-0.3, -0.25) is 0 Å². The van der Waals surface area contributed by atoms with Gasteiger partial charge in [0.25, 0.3) is 0 Å². The van der Waals surface area contributed by atoms with Gasteiger partial charge in [0.05, 0.1) is 6.04 Å². The maximum Gasteiger partial charge on any atom is 0.315 e. The highest BCUT2D eigenvalue weighted by Crippen LogP contribution is 2.17. The number of hydrogen-bond acceptors (Lipinski definition) is 1. The first kappa shape index (κ1) is 15.4. The van der Waals surface area contributed by atoms with Gasteiger partial charge in [-0.2, -0.15) is 0 Å². The van der Waals surface area contributed by atoms with Gasteiger partial charge in [0.1, 0.15) is 0 Å². The number of benzene rings is 2. The van der Waals surface area contributed by atoms with Crippen molar-refractivity contribution in [3.63, 3.8) is 0 Å². The first-order valence-electron chi connectivity index (χ1n) is 6.99. The second-order valence-electron chi connectivity index (χ2n) is 4.91. The van der Waals surface area contributed by atoms with E-state index >= 15 is 0 Å². The molecule has 110 valence electrons. The molecule has 0 saturated carbocycles. The molecule has 2 amide bonds. The van der Waals surface area contributed by atoms with E-state index in [-0.39, 0.29) is 12.1 Å². The van der Waals surface area contributed by atoms with Crippen LogP contribution in [0.15, 0.2) is 54.6 Å². The molecule has 0 spiro atoms. The molecule has 4 heteroatoms. The summed E-state index contributed by atoms with van der Waals surface area (Å²) >= 11 is 5.95. The molecular weight excluding hydrogens is 284 g/mol. The fourth-order valence-corrected chi connectivity index (χ4v) is 2.27. The Morgan fingerprint density at radius 1 is 1.14 bits per heavy atom. The van der Waals surface area contributed by atoms with Crippen LogP contribution in [0.1, 0.15) is 24.1 Å². The van der Waals surface area contributed by atoms with Crippen LogP contribution in [0.4, 0.5) is 4.79 Å². The summed E-state index contributed by atoms with van der Waals surface area (Å²) in [6.07, 6.45) is 0.819. The number of amides is 2. The van der Waals surface area contributed by atoms with Crippen LogP contribution in [0.25, 0.3) is 0 Å². The largest absolute Gasteiger partial charge is 0.338 e. The lowest BCUT2D eigenvalue weighted by atomic mass is 10.1. The van der Waals surface area contributed by atoms with Crippen molar-refractivity contribution >= 4 is 17.6 Å². The number of carbonyl (C=O) groups excluding carboxylic acids is 1. The maximum atomic E-state index is 11.8. The van der Waals surface area contributed by atoms with Gasteiger partial charge < -0.3 is 10.6 Å². The summed E-state index contributed by atoms with van der Waals surface area (Å²) in [5, 5.41) is 6.44. The zero-order chi connectivity index (χ0) is 15.1. The average molecular weight is 303 g/mol. The van der Waals surface area contributed by atoms with Gasteiger partial charge in [-0.05, 0) is 36.6 Å². The number of urea groups is 1. The van der Waals surface area contributed by atoms with E-state index in [0.717, 1.165) is 12.0 Å². The molecule has 0 aromatic heterocycles. The smallest absolute Gasteiger partial charge is 0.315 e. The minimum Gasteiger partial charge on any atom is -0.338 e. The number of nitrogens with one attached hydrogen (secondary N) is 2. The second kappa shape index (κ2) is 7.70. The molecular formula is C17H19ClN2O. The van der Waals surface area contributed by atoms with Crippen LogP contribution in [0.5, 0.6) is 0 Å². The molecule has 2 aromatic carbocycles. The van der Waals surface area contributed by atoms with Crippen LogP contribution in [0.3, 0.4) is 0 Å². The fourth-order valence-electron chi connectivity index (χ4n) is 2.07. The quantitative estimate of drug-likeness (QED) is 0.863. The van der Waals surface area contributed by atoms with Crippen molar-refractivity contribution in [2.24, 2.45) is 0 Å². The summed E-state index contributed by atoms with van der Waals surface area (Å²) in [5.74, 6) is 0. The Kier molecular flexibility index (Phi) is 5.64. The minimum atomic E-state index is -0.168. The highest BCUT2D eigenvalue weighted by atomic mass is 35.5. The second-order valence-corrected chi connectivity index (χ2v) is 5.35. The lowest BCUT2D eigenvalue weighted by Gasteiger charge is -2.15. The predicted octanol–water partition coefficient (Wildman–Crippen LogP) is 3.94. The molecule has 1 unspecified atom stereocenters. The lowest BCUT2D eigenvalue weighted by Crippen LogP contribution is -2.38. The maximum absolute atomic E-state index is 11.8. The normalized spacial score (nSPS) is 11.7. The molecule has 0 radical (unpaired) electrons. The highest BCUT2D eigenvalue weighted by molar-refractivity contribution is 6.30. The third kappa shape index (κ3) is 5.12. The molecule has 0 fully saturated rings. The monoisotopic (exact) mass is 302 g/mol. The summed E-state index contributed by atoms with van der Waals surface area (Å²) in [7, 11) is 0. The van der Waals surface area contributed by atoms with E-state index in [4.69, 9.17) is 11.6 Å². The van der Waals surface area contributed by atoms with Gasteiger partial charge in [-0.1, -0.05) is 54.1 Å². The van der Waals surface area contributed by atoms with Crippen LogP contribution < -0.4 is 10.6 Å². The third-order valence-corrected chi connectivity index (χ3v) is 3.47. The molecule has 3 nitrogen and oxygen atoms in total. The highest BCUT2D eigenvalue weighted by Gasteiger charge is 2.09. The molecule has 2 aromatic rings. The number of hydrogen-bond donors (Lipinski definition) is 2. The molecule has 2 rings (SSSR count). The Morgan fingerprint density at radius 3 is 2.62 bits per heavy atom. The summed E-state index contributed by atoms with van der Waals surface area (Å²) < 4.78 is 0. The Balaban J connectivity index is 1.76. The molecule has 0 saturated heterocycles. The van der Waals surface area contributed by atoms with Gasteiger partial charge in [0.15, 0.2) is 0 Å². The fraction of sp³-hybridized carbons (Fsp3) is 0.235. The van der Waals surface area contributed by atoms with E-state index in [1.54, 1.807) is 0 Å². The van der Waals surface area contributed by atoms with Crippen molar-refractivity contribution in [2.75, 3.05) is 6.54 Å². The van der Waals surface area contributed by atoms with Crippen LogP contribution in [-0.4, -0.2) is 12.6 Å². The van der Waals surface area contributed by atoms with Crippen LogP contribution in [-0.2, 0) is 6.42 Å². The van der Waals surface area contributed by atoms with Crippen LogP contribution >= 0.6 is 11.6 Å². The summed E-state index contributed by atoms with van der Waals surface area (Å²) in [6, 6.07) is 17.3. The van der Waals surface area contributed by atoms with E-state index < -0.39 is 0 Å². The average Bonchev–Trinajstić information content (AvgIpc) is 2.48. The van der Waals surface area contributed by atoms with Gasteiger partial charge in [-0.25, -0.2) is 4.79 Å². The van der Waals surface area contributed by atoms with Crippen molar-refractivity contribution < 1.29 is 4.79 Å². The molecule has 0 aliphatic carbocycles. The molecule has 0 bridgehead atoms. The molecule has 21 heavy (non-hydrogen) atoms. The van der Waals surface area contributed by atoms with E-state index in [9.17, 15) is 4.79 Å². The van der Waals surface area contributed by atoms with Crippen molar-refractivity contribution in [1.29, 1.82) is 0 Å². The summed E-state index contributed by atoms with van der Waals surface area (Å²) in [4.78, 5) is 11.8. The molecule has 1 atom stereocenters. The van der Waals surface area contributed by atoms with E-state index in [0.29, 0.717) is 11.6 Å². The first-order valence-corrected chi connectivity index (χ1v) is 7.36. The van der Waals surface area contributed by atoms with Crippen molar-refractivity contribution in [3.8, 4) is 0 Å². The zero-order valence-electron chi connectivity index (χ0n) is 12.0. The Bertz CT molecular complexity index is 586. The molecule has 0 heterocycles. The lowest BCUT2D eigenvalue weighted by molar-refractivity contribution is 0.238. The van der Waals surface area contributed by atoms with E-state index in [1.807, 2.05) is 61.5 Å². The van der Waals surface area contributed by atoms with Gasteiger partial charge >= 0.3 is 6.03 Å². The summed E-state index contributed by atoms with van der Waals surface area (Å²) in [5.41, 5.74) is 2.20. The van der Waals surface area contributed by atoms with Crippen LogP contribution in [0.2, 0.25) is 5.02 Å². The Hall–Kier alpha value is -2.00. The number of carbonyl (C=O) groups is 1. The Labute approximate surface area is 130 Å². The molecule has 0 aliphatic heterocycles. The van der Waals surface area contributed by atoms with Crippen molar-refractivity contribution in [1.82, 2.24) is 10.6 Å². The molecule has 0 aliphatic rings. The van der Waals surface area contributed by atoms with E-state index in [1.165, 1.54) is 5.56 Å². The predicted molar refractivity (Wildman–Crippen MR) is 86.5 cm³/mol. The zero-order valence-corrected chi connectivity index (χ0v) is 12.7. The molecule has 2 N–H and O–H groups in total. The van der Waals surface area contributed by atoms with Crippen molar-refractivity contribution in [2.45, 2.75) is 19.4 Å². The van der Waals surface area contributed by atoms with Crippen molar-refractivity contribution in [3.05, 3.63) is 70.7 Å². The number of rotatable bonds is 5. The standard InChI is InChI=1S/C17H19ClN2O/c1-13(15-8-5-9-16(18)12-15)20-17(21)19-11-10-14-6-3-2-4-7-14/h2-9,12-13H,10-11H2,1H3,(H2,19,20,21). The van der Waals surface area contributed by atoms with Gasteiger partial charge in [0.2, 0.25) is 0 Å². The third-order valence-electron chi connectivity index (χ3n) is 3.24. The van der Waals surface area contributed by atoms with Gasteiger partial charge in [-0.15, -0.1) is 0 Å². The number of halogens is 1. The SMILES string of the molecule is CC(NC(=O)NCCc1ccccc1)c1cccc(Cl)c1. The van der Waals surface area contributed by atoms with E-state index in [2.05, 4.69) is 10.6 Å².